The summed E-state index contributed by atoms with van der Waals surface area (Å²) in [7, 11) is 1.58. The summed E-state index contributed by atoms with van der Waals surface area (Å²) in [6.07, 6.45) is 5.46. The molecule has 0 unspecified atom stereocenters. The van der Waals surface area contributed by atoms with Crippen molar-refractivity contribution in [3.05, 3.63) is 40.9 Å². The monoisotopic (exact) mass is 453 g/mol. The van der Waals surface area contributed by atoms with Crippen LogP contribution in [0.2, 0.25) is 0 Å². The number of nitrogens with one attached hydrogen (secondary N) is 1. The smallest absolute Gasteiger partial charge is 0.293 e. The molecule has 1 aliphatic rings. The minimum atomic E-state index is -0.160. The van der Waals surface area contributed by atoms with E-state index >= 15 is 0 Å². The van der Waals surface area contributed by atoms with Crippen LogP contribution < -0.4 is 15.6 Å². The largest absolute Gasteiger partial charge is 0.481 e. The molecule has 1 aliphatic heterocycles. The van der Waals surface area contributed by atoms with E-state index in [1.54, 1.807) is 30.1 Å². The summed E-state index contributed by atoms with van der Waals surface area (Å²) >= 11 is 0. The van der Waals surface area contributed by atoms with E-state index in [2.05, 4.69) is 20.3 Å². The molecule has 1 saturated heterocycles. The number of hydrogen-bond acceptors (Lipinski definition) is 8. The van der Waals surface area contributed by atoms with Crippen LogP contribution in [0.3, 0.4) is 0 Å². The number of aromatic nitrogens is 4. The lowest BCUT2D eigenvalue weighted by Gasteiger charge is -2.22. The Morgan fingerprint density at radius 1 is 1.21 bits per heavy atom. The molecule has 0 saturated carbocycles. The highest BCUT2D eigenvalue weighted by atomic mass is 16.5. The molecule has 0 bridgehead atoms. The van der Waals surface area contributed by atoms with Gasteiger partial charge >= 0.3 is 0 Å². The fraction of sp³-hybridized carbons (Fsp3) is 0.500. The average molecular weight is 454 g/mol. The molecular weight excluding hydrogens is 422 g/mol. The Morgan fingerprint density at radius 3 is 2.73 bits per heavy atom. The molecule has 0 atom stereocenters. The molecule has 1 N–H and O–H groups in total. The SMILES string of the molecule is COc1ccc(-c2cc3c(cn2)nc(NCC2CCOCC2)c(=O)n3CCOC(C)C)cn1. The first-order valence-corrected chi connectivity index (χ1v) is 11.4. The van der Waals surface area contributed by atoms with Gasteiger partial charge in [0.1, 0.15) is 5.52 Å². The Balaban J connectivity index is 1.68. The maximum absolute atomic E-state index is 13.4. The van der Waals surface area contributed by atoms with Crippen LogP contribution in [0.1, 0.15) is 26.7 Å². The molecule has 0 aliphatic carbocycles. The molecule has 4 heterocycles. The zero-order valence-corrected chi connectivity index (χ0v) is 19.4. The number of pyridine rings is 2. The lowest BCUT2D eigenvalue weighted by atomic mass is 10.0. The summed E-state index contributed by atoms with van der Waals surface area (Å²) in [5.74, 6) is 1.35. The molecule has 9 heteroatoms. The summed E-state index contributed by atoms with van der Waals surface area (Å²) in [6.45, 7) is 7.04. The summed E-state index contributed by atoms with van der Waals surface area (Å²) < 4.78 is 18.0. The van der Waals surface area contributed by atoms with E-state index in [-0.39, 0.29) is 11.7 Å². The van der Waals surface area contributed by atoms with E-state index in [4.69, 9.17) is 14.2 Å². The number of methoxy groups -OCH3 is 1. The second kappa shape index (κ2) is 10.7. The topological polar surface area (TPSA) is 100 Å². The van der Waals surface area contributed by atoms with Gasteiger partial charge in [-0.05, 0) is 44.7 Å². The lowest BCUT2D eigenvalue weighted by Crippen LogP contribution is -2.30. The fourth-order valence-corrected chi connectivity index (χ4v) is 3.86. The number of anilines is 1. The molecular formula is C24H31N5O4. The van der Waals surface area contributed by atoms with Gasteiger partial charge in [0.2, 0.25) is 5.88 Å². The molecule has 176 valence electrons. The molecule has 1 fully saturated rings. The predicted molar refractivity (Wildman–Crippen MR) is 127 cm³/mol. The van der Waals surface area contributed by atoms with Crippen molar-refractivity contribution in [2.24, 2.45) is 5.92 Å². The zero-order chi connectivity index (χ0) is 23.2. The normalized spacial score (nSPS) is 14.7. The fourth-order valence-electron chi connectivity index (χ4n) is 3.86. The van der Waals surface area contributed by atoms with Crippen LogP contribution in [-0.4, -0.2) is 59.1 Å². The van der Waals surface area contributed by atoms with Crippen LogP contribution in [0.4, 0.5) is 5.82 Å². The zero-order valence-electron chi connectivity index (χ0n) is 19.4. The van der Waals surface area contributed by atoms with Crippen molar-refractivity contribution in [1.82, 2.24) is 19.5 Å². The lowest BCUT2D eigenvalue weighted by molar-refractivity contribution is 0.0698. The van der Waals surface area contributed by atoms with E-state index in [0.717, 1.165) is 31.6 Å². The van der Waals surface area contributed by atoms with Gasteiger partial charge in [-0.25, -0.2) is 9.97 Å². The second-order valence-electron chi connectivity index (χ2n) is 8.42. The standard InChI is InChI=1S/C24H31N5O4/c1-16(2)33-11-8-29-21-12-19(18-4-5-22(31-3)26-14-18)25-15-20(21)28-23(24(29)30)27-13-17-6-9-32-10-7-17/h4-5,12,14-17H,6-11,13H2,1-3H3,(H,27,28). The van der Waals surface area contributed by atoms with Gasteiger partial charge in [0.25, 0.3) is 5.56 Å². The second-order valence-corrected chi connectivity index (χ2v) is 8.42. The molecule has 3 aromatic rings. The van der Waals surface area contributed by atoms with Gasteiger partial charge in [0.05, 0.1) is 37.2 Å². The van der Waals surface area contributed by atoms with Gasteiger partial charge in [0.15, 0.2) is 5.82 Å². The van der Waals surface area contributed by atoms with Crippen LogP contribution in [0.15, 0.2) is 35.4 Å². The Morgan fingerprint density at radius 2 is 2.03 bits per heavy atom. The molecule has 9 nitrogen and oxygen atoms in total. The third-order valence-corrected chi connectivity index (χ3v) is 5.74. The van der Waals surface area contributed by atoms with Crippen molar-refractivity contribution < 1.29 is 14.2 Å². The minimum Gasteiger partial charge on any atom is -0.481 e. The van der Waals surface area contributed by atoms with Crippen molar-refractivity contribution in [3.63, 3.8) is 0 Å². The summed E-state index contributed by atoms with van der Waals surface area (Å²) in [5.41, 5.74) is 2.74. The van der Waals surface area contributed by atoms with Gasteiger partial charge in [-0.15, -0.1) is 0 Å². The highest BCUT2D eigenvalue weighted by Gasteiger charge is 2.17. The Bertz CT molecular complexity index is 1120. The number of fused-ring (bicyclic) bond motifs is 1. The highest BCUT2D eigenvalue weighted by molar-refractivity contribution is 5.80. The number of hydrogen-bond donors (Lipinski definition) is 1. The highest BCUT2D eigenvalue weighted by Crippen LogP contribution is 2.22. The average Bonchev–Trinajstić information content (AvgIpc) is 2.84. The third kappa shape index (κ3) is 5.66. The summed E-state index contributed by atoms with van der Waals surface area (Å²) in [6, 6.07) is 5.55. The van der Waals surface area contributed by atoms with Gasteiger partial charge in [-0.3, -0.25) is 9.78 Å². The minimum absolute atomic E-state index is 0.0857. The van der Waals surface area contributed by atoms with Gasteiger partial charge in [0, 0.05) is 44.1 Å². The molecule has 33 heavy (non-hydrogen) atoms. The molecule has 3 aromatic heterocycles. The first-order valence-electron chi connectivity index (χ1n) is 11.4. The van der Waals surface area contributed by atoms with Crippen LogP contribution >= 0.6 is 0 Å². The van der Waals surface area contributed by atoms with Crippen molar-refractivity contribution in [2.75, 3.05) is 38.8 Å². The Hall–Kier alpha value is -3.04. The van der Waals surface area contributed by atoms with Crippen molar-refractivity contribution in [2.45, 2.75) is 39.3 Å². The van der Waals surface area contributed by atoms with Gasteiger partial charge in [-0.2, -0.15) is 0 Å². The quantitative estimate of drug-likeness (QED) is 0.527. The maximum atomic E-state index is 13.4. The van der Waals surface area contributed by atoms with E-state index < -0.39 is 0 Å². The maximum Gasteiger partial charge on any atom is 0.293 e. The molecule has 0 amide bonds. The van der Waals surface area contributed by atoms with Gasteiger partial charge < -0.3 is 24.1 Å². The number of nitrogens with zero attached hydrogens (tertiary/aromatic N) is 4. The van der Waals surface area contributed by atoms with Crippen molar-refractivity contribution in [3.8, 4) is 17.1 Å². The van der Waals surface area contributed by atoms with E-state index in [0.29, 0.717) is 54.0 Å². The van der Waals surface area contributed by atoms with Gasteiger partial charge in [-0.1, -0.05) is 0 Å². The van der Waals surface area contributed by atoms with E-state index in [9.17, 15) is 4.79 Å². The number of ether oxygens (including phenoxy) is 3. The van der Waals surface area contributed by atoms with Crippen LogP contribution in [0, 0.1) is 5.92 Å². The van der Waals surface area contributed by atoms with Crippen molar-refractivity contribution in [1.29, 1.82) is 0 Å². The third-order valence-electron chi connectivity index (χ3n) is 5.74. The summed E-state index contributed by atoms with van der Waals surface area (Å²) in [5, 5.41) is 3.28. The molecule has 4 rings (SSSR count). The summed E-state index contributed by atoms with van der Waals surface area (Å²) in [4.78, 5) is 26.8. The van der Waals surface area contributed by atoms with E-state index in [1.165, 1.54) is 0 Å². The number of rotatable bonds is 9. The van der Waals surface area contributed by atoms with E-state index in [1.807, 2.05) is 26.0 Å². The predicted octanol–water partition coefficient (Wildman–Crippen LogP) is 3.13. The molecule has 0 spiro atoms. The first-order chi connectivity index (χ1) is 16.0. The first kappa shape index (κ1) is 23.1. The molecule has 0 aromatic carbocycles. The van der Waals surface area contributed by atoms with Crippen LogP contribution in [0.5, 0.6) is 5.88 Å². The van der Waals surface area contributed by atoms with Crippen molar-refractivity contribution >= 4 is 16.9 Å². The van der Waals surface area contributed by atoms with Crippen LogP contribution in [-0.2, 0) is 16.0 Å². The Kier molecular flexibility index (Phi) is 7.51. The molecule has 0 radical (unpaired) electrons. The Labute approximate surface area is 193 Å². The van der Waals surface area contributed by atoms with Crippen LogP contribution in [0.25, 0.3) is 22.3 Å².